The smallest absolute Gasteiger partial charge is 0.462 e. The normalized spacial score (nSPS) is 14.5. The summed E-state index contributed by atoms with van der Waals surface area (Å²) in [5, 5.41) is 10.6. The van der Waals surface area contributed by atoms with Gasteiger partial charge in [0.05, 0.1) is 26.4 Å². The number of phosphoric acid groups is 2. The van der Waals surface area contributed by atoms with Gasteiger partial charge in [-0.3, -0.25) is 37.3 Å². The van der Waals surface area contributed by atoms with E-state index in [-0.39, 0.29) is 25.7 Å². The number of hydrogen-bond acceptors (Lipinski definition) is 15. The topological polar surface area (TPSA) is 237 Å². The van der Waals surface area contributed by atoms with Gasteiger partial charge in [0.1, 0.15) is 19.3 Å². The number of esters is 4. The third-order valence-electron chi connectivity index (χ3n) is 16.1. The molecule has 19 heteroatoms. The Labute approximate surface area is 530 Å². The summed E-state index contributed by atoms with van der Waals surface area (Å²) in [5.74, 6) is -0.668. The average Bonchev–Trinajstić information content (AvgIpc) is 3.69. The van der Waals surface area contributed by atoms with Gasteiger partial charge in [0.25, 0.3) is 0 Å². The van der Waals surface area contributed by atoms with E-state index in [1.54, 1.807) is 0 Å². The van der Waals surface area contributed by atoms with E-state index in [1.165, 1.54) is 154 Å². The molecule has 0 spiro atoms. The first-order valence-electron chi connectivity index (χ1n) is 35.5. The number of unbranched alkanes of at least 4 members (excludes halogenated alkanes) is 36. The zero-order chi connectivity index (χ0) is 64.3. The molecule has 0 amide bonds. The molecule has 0 aliphatic carbocycles. The summed E-state index contributed by atoms with van der Waals surface area (Å²) in [6.07, 6.45) is 44.6. The van der Waals surface area contributed by atoms with Crippen LogP contribution in [0.2, 0.25) is 0 Å². The van der Waals surface area contributed by atoms with Gasteiger partial charge in [-0.2, -0.15) is 0 Å². The molecule has 3 N–H and O–H groups in total. The van der Waals surface area contributed by atoms with E-state index in [0.29, 0.717) is 25.7 Å². The molecule has 516 valence electrons. The third kappa shape index (κ3) is 61.3. The van der Waals surface area contributed by atoms with E-state index in [0.717, 1.165) is 108 Å². The van der Waals surface area contributed by atoms with Gasteiger partial charge in [-0.15, -0.1) is 0 Å². The number of phosphoric ester groups is 2. The van der Waals surface area contributed by atoms with Crippen LogP contribution in [0.5, 0.6) is 0 Å². The molecule has 0 saturated heterocycles. The van der Waals surface area contributed by atoms with Gasteiger partial charge in [0.2, 0.25) is 0 Å². The molecule has 6 atom stereocenters. The van der Waals surface area contributed by atoms with Crippen LogP contribution in [0, 0.1) is 11.8 Å². The fourth-order valence-corrected chi connectivity index (χ4v) is 11.8. The van der Waals surface area contributed by atoms with Gasteiger partial charge in [0, 0.05) is 25.7 Å². The van der Waals surface area contributed by atoms with Gasteiger partial charge in [-0.1, -0.05) is 292 Å². The van der Waals surface area contributed by atoms with Gasteiger partial charge in [-0.05, 0) is 37.5 Å². The maximum atomic E-state index is 13.0. The maximum Gasteiger partial charge on any atom is 0.472 e. The van der Waals surface area contributed by atoms with Crippen LogP contribution < -0.4 is 0 Å². The number of ether oxygens (including phenoxy) is 4. The van der Waals surface area contributed by atoms with Crippen molar-refractivity contribution in [3.63, 3.8) is 0 Å². The quantitative estimate of drug-likeness (QED) is 0.0222. The average molecular weight is 1280 g/mol. The molecular weight excluding hydrogens is 1150 g/mol. The molecule has 87 heavy (non-hydrogen) atoms. The van der Waals surface area contributed by atoms with Gasteiger partial charge in [0.15, 0.2) is 12.2 Å². The zero-order valence-corrected chi connectivity index (χ0v) is 58.1. The number of hydrogen-bond donors (Lipinski definition) is 3. The van der Waals surface area contributed by atoms with Crippen molar-refractivity contribution >= 4 is 39.5 Å². The minimum Gasteiger partial charge on any atom is -0.462 e. The Morgan fingerprint density at radius 2 is 0.586 bits per heavy atom. The highest BCUT2D eigenvalue weighted by atomic mass is 31.2. The standard InChI is InChI=1S/C68H132O17P2/c1-7-10-12-14-16-18-19-20-21-22-23-24-25-28-33-40-46-52-67(72)84-63(56-79-66(71)51-45-39-32-29-26-27-30-36-42-48-60(4)5)58-82-86(74,75)80-54-62(69)55-81-87(76,77)83-59-64(57-78-65(70)50-44-38-31-17-15-13-11-8-2)85-68(73)53-47-41-35-34-37-43-49-61(6)9-3/h60-64,69H,7-59H2,1-6H3,(H,74,75)(H,76,77)/t61?,62-,63-,64-/m1/s1. The van der Waals surface area contributed by atoms with E-state index in [2.05, 4.69) is 41.5 Å². The number of rotatable bonds is 67. The first-order valence-corrected chi connectivity index (χ1v) is 38.5. The molecule has 0 aromatic carbocycles. The van der Waals surface area contributed by atoms with Gasteiger partial charge < -0.3 is 33.8 Å². The largest absolute Gasteiger partial charge is 0.472 e. The number of carbonyl (C=O) groups is 4. The highest BCUT2D eigenvalue weighted by molar-refractivity contribution is 7.47. The van der Waals surface area contributed by atoms with Crippen LogP contribution in [0.15, 0.2) is 0 Å². The highest BCUT2D eigenvalue weighted by Crippen LogP contribution is 2.45. The molecule has 0 saturated carbocycles. The minimum absolute atomic E-state index is 0.103. The lowest BCUT2D eigenvalue weighted by atomic mass is 10.00. The molecule has 3 unspecified atom stereocenters. The molecule has 0 aromatic rings. The predicted octanol–water partition coefficient (Wildman–Crippen LogP) is 19.2. The molecule has 0 aliphatic heterocycles. The Kier molecular flexibility index (Phi) is 59.0. The van der Waals surface area contributed by atoms with Crippen LogP contribution >= 0.6 is 15.6 Å². The Morgan fingerprint density at radius 3 is 0.874 bits per heavy atom. The van der Waals surface area contributed by atoms with Crippen molar-refractivity contribution < 1.29 is 80.2 Å². The van der Waals surface area contributed by atoms with E-state index < -0.39 is 97.5 Å². The second-order valence-corrected chi connectivity index (χ2v) is 28.2. The lowest BCUT2D eigenvalue weighted by Crippen LogP contribution is -2.30. The van der Waals surface area contributed by atoms with Gasteiger partial charge in [-0.25, -0.2) is 9.13 Å². The van der Waals surface area contributed by atoms with Crippen molar-refractivity contribution in [1.82, 2.24) is 0 Å². The van der Waals surface area contributed by atoms with Crippen molar-refractivity contribution in [3.8, 4) is 0 Å². The van der Waals surface area contributed by atoms with E-state index in [9.17, 15) is 43.2 Å². The maximum absolute atomic E-state index is 13.0. The van der Waals surface area contributed by atoms with Crippen LogP contribution in [-0.2, 0) is 65.4 Å². The molecule has 0 fully saturated rings. The number of carbonyl (C=O) groups excluding carboxylic acids is 4. The van der Waals surface area contributed by atoms with Crippen molar-refractivity contribution in [3.05, 3.63) is 0 Å². The summed E-state index contributed by atoms with van der Waals surface area (Å²) in [6.45, 7) is 9.44. The van der Waals surface area contributed by atoms with E-state index in [1.807, 2.05) is 0 Å². The fraction of sp³-hybridized carbons (Fsp3) is 0.941. The number of aliphatic hydroxyl groups excluding tert-OH is 1. The summed E-state index contributed by atoms with van der Waals surface area (Å²) in [5.41, 5.74) is 0. The fourth-order valence-electron chi connectivity index (χ4n) is 10.2. The van der Waals surface area contributed by atoms with Gasteiger partial charge >= 0.3 is 39.5 Å². The summed E-state index contributed by atoms with van der Waals surface area (Å²) in [4.78, 5) is 72.3. The first-order chi connectivity index (χ1) is 41.9. The SMILES string of the molecule is CCCCCCCCCCCCCCCCCCCC(=O)O[C@H](COC(=O)CCCCCCCCCCCC(C)C)COP(=O)(O)OC[C@@H](O)COP(=O)(O)OC[C@@H](COC(=O)CCCCCCCCCC)OC(=O)CCCCCCCCC(C)CC. The molecule has 0 heterocycles. The predicted molar refractivity (Wildman–Crippen MR) is 349 cm³/mol. The summed E-state index contributed by atoms with van der Waals surface area (Å²) in [6, 6.07) is 0. The van der Waals surface area contributed by atoms with Crippen LogP contribution in [0.3, 0.4) is 0 Å². The van der Waals surface area contributed by atoms with Crippen molar-refractivity contribution in [2.75, 3.05) is 39.6 Å². The van der Waals surface area contributed by atoms with Crippen molar-refractivity contribution in [2.45, 2.75) is 362 Å². The molecule has 0 rings (SSSR count). The molecule has 0 radical (unpaired) electrons. The molecule has 17 nitrogen and oxygen atoms in total. The molecule has 0 aliphatic rings. The monoisotopic (exact) mass is 1280 g/mol. The Hall–Kier alpha value is -1.94. The Bertz CT molecular complexity index is 1700. The lowest BCUT2D eigenvalue weighted by Gasteiger charge is -2.21. The van der Waals surface area contributed by atoms with Crippen molar-refractivity contribution in [1.29, 1.82) is 0 Å². The highest BCUT2D eigenvalue weighted by Gasteiger charge is 2.30. The van der Waals surface area contributed by atoms with Crippen LogP contribution in [-0.4, -0.2) is 96.7 Å². The lowest BCUT2D eigenvalue weighted by molar-refractivity contribution is -0.161. The zero-order valence-electron chi connectivity index (χ0n) is 56.3. The van der Waals surface area contributed by atoms with Crippen LogP contribution in [0.25, 0.3) is 0 Å². The Morgan fingerprint density at radius 1 is 0.333 bits per heavy atom. The summed E-state index contributed by atoms with van der Waals surface area (Å²) in [7, 11) is -9.89. The summed E-state index contributed by atoms with van der Waals surface area (Å²) >= 11 is 0. The Balaban J connectivity index is 5.21. The van der Waals surface area contributed by atoms with E-state index >= 15 is 0 Å². The minimum atomic E-state index is -4.95. The molecule has 0 aromatic heterocycles. The third-order valence-corrected chi connectivity index (χ3v) is 18.0. The second-order valence-electron chi connectivity index (χ2n) is 25.3. The second kappa shape index (κ2) is 60.3. The summed E-state index contributed by atoms with van der Waals surface area (Å²) < 4.78 is 68.1. The van der Waals surface area contributed by atoms with E-state index in [4.69, 9.17) is 37.0 Å². The number of aliphatic hydroxyl groups is 1. The van der Waals surface area contributed by atoms with Crippen LogP contribution in [0.1, 0.15) is 343 Å². The molecular formula is C68H132O17P2. The van der Waals surface area contributed by atoms with Crippen LogP contribution in [0.4, 0.5) is 0 Å². The molecule has 0 bridgehead atoms. The van der Waals surface area contributed by atoms with Crippen molar-refractivity contribution in [2.24, 2.45) is 11.8 Å². The first kappa shape index (κ1) is 85.1.